The van der Waals surface area contributed by atoms with E-state index in [1.54, 1.807) is 0 Å². The number of rotatable bonds is 5. The van der Waals surface area contributed by atoms with Crippen molar-refractivity contribution in [1.82, 2.24) is 5.27 Å². The van der Waals surface area contributed by atoms with Crippen LogP contribution in [0.3, 0.4) is 0 Å². The SMILES string of the molecule is CC(C)OCCc1c(NC(C)(C)C)on[n+]1[NH-].Cl. The molecule has 0 aliphatic heterocycles. The molecule has 0 amide bonds. The lowest BCUT2D eigenvalue weighted by Gasteiger charge is -2.19. The van der Waals surface area contributed by atoms with Crippen molar-refractivity contribution in [3.05, 3.63) is 11.5 Å². The van der Waals surface area contributed by atoms with Crippen LogP contribution in [0.2, 0.25) is 0 Å². The average Bonchev–Trinajstić information content (AvgIpc) is 2.46. The summed E-state index contributed by atoms with van der Waals surface area (Å²) in [5.41, 5.74) is 0.570. The predicted molar refractivity (Wildman–Crippen MR) is 71.8 cm³/mol. The van der Waals surface area contributed by atoms with E-state index in [0.29, 0.717) is 24.6 Å². The summed E-state index contributed by atoms with van der Waals surface area (Å²) in [7, 11) is 0. The molecule has 2 N–H and O–H groups in total. The summed E-state index contributed by atoms with van der Waals surface area (Å²) in [6.45, 7) is 10.6. The van der Waals surface area contributed by atoms with E-state index < -0.39 is 0 Å². The molecule has 7 heteroatoms. The zero-order chi connectivity index (χ0) is 13.1. The molecule has 0 bridgehead atoms. The van der Waals surface area contributed by atoms with Gasteiger partial charge in [0.1, 0.15) is 0 Å². The first-order chi connectivity index (χ1) is 7.79. The van der Waals surface area contributed by atoms with Crippen LogP contribution < -0.4 is 10.1 Å². The summed E-state index contributed by atoms with van der Waals surface area (Å²) in [5.74, 6) is 8.14. The maximum Gasteiger partial charge on any atom is 0.271 e. The van der Waals surface area contributed by atoms with Gasteiger partial charge in [0.2, 0.25) is 0 Å². The van der Waals surface area contributed by atoms with Crippen LogP contribution in [0, 0.1) is 0 Å². The van der Waals surface area contributed by atoms with Gasteiger partial charge in [-0.25, -0.2) is 5.84 Å². The van der Waals surface area contributed by atoms with E-state index in [1.165, 1.54) is 0 Å². The van der Waals surface area contributed by atoms with Crippen LogP contribution in [-0.4, -0.2) is 23.5 Å². The minimum absolute atomic E-state index is 0. The van der Waals surface area contributed by atoms with Crippen LogP contribution in [0.15, 0.2) is 4.52 Å². The Morgan fingerprint density at radius 1 is 1.44 bits per heavy atom. The minimum atomic E-state index is -0.125. The van der Waals surface area contributed by atoms with Gasteiger partial charge in [-0.2, -0.15) is 0 Å². The van der Waals surface area contributed by atoms with Gasteiger partial charge in [-0.05, 0) is 39.9 Å². The molecule has 18 heavy (non-hydrogen) atoms. The number of ether oxygens (including phenoxy) is 1. The van der Waals surface area contributed by atoms with E-state index in [9.17, 15) is 0 Å². The van der Waals surface area contributed by atoms with Crippen LogP contribution in [0.1, 0.15) is 40.3 Å². The first kappa shape index (κ1) is 17.0. The number of hydrogen-bond donors (Lipinski definition) is 1. The third kappa shape index (κ3) is 5.55. The molecule has 0 radical (unpaired) electrons. The maximum atomic E-state index is 7.60. The molecule has 0 atom stereocenters. The summed E-state index contributed by atoms with van der Waals surface area (Å²) >= 11 is 0. The van der Waals surface area contributed by atoms with Gasteiger partial charge in [-0.1, -0.05) is 4.79 Å². The molecule has 0 fully saturated rings. The molecular weight excluding hydrogens is 256 g/mol. The fraction of sp³-hybridized carbons (Fsp3) is 0.818. The summed E-state index contributed by atoms with van der Waals surface area (Å²) in [5, 5.41) is 6.77. The summed E-state index contributed by atoms with van der Waals surface area (Å²) in [6, 6.07) is 0. The molecule has 0 spiro atoms. The second-order valence-corrected chi connectivity index (χ2v) is 5.31. The molecule has 1 rings (SSSR count). The van der Waals surface area contributed by atoms with Crippen molar-refractivity contribution < 1.29 is 14.1 Å². The summed E-state index contributed by atoms with van der Waals surface area (Å²) < 4.78 is 10.5. The van der Waals surface area contributed by atoms with Gasteiger partial charge >= 0.3 is 0 Å². The van der Waals surface area contributed by atoms with Crippen molar-refractivity contribution in [2.45, 2.75) is 52.7 Å². The smallest absolute Gasteiger partial charge is 0.271 e. The monoisotopic (exact) mass is 278 g/mol. The Balaban J connectivity index is 0.00000289. The van der Waals surface area contributed by atoms with Crippen LogP contribution in [0.25, 0.3) is 5.84 Å². The number of halogens is 1. The highest BCUT2D eigenvalue weighted by Gasteiger charge is 2.21. The van der Waals surface area contributed by atoms with Crippen molar-refractivity contribution in [3.8, 4) is 0 Å². The second kappa shape index (κ2) is 6.80. The quantitative estimate of drug-likeness (QED) is 0.839. The van der Waals surface area contributed by atoms with E-state index in [4.69, 9.17) is 15.1 Å². The topological polar surface area (TPSA) is 75.0 Å². The molecule has 0 unspecified atom stereocenters. The first-order valence-corrected chi connectivity index (χ1v) is 5.82. The zero-order valence-electron chi connectivity index (χ0n) is 11.6. The lowest BCUT2D eigenvalue weighted by molar-refractivity contribution is -0.686. The van der Waals surface area contributed by atoms with Crippen LogP contribution >= 0.6 is 12.4 Å². The standard InChI is InChI=1S/C11H22N4O2.ClH/c1-8(2)16-7-6-9-10(13-11(3,4)5)17-14-15(9)12;/h8,12-13H,6-7H2,1-5H3;1H. The predicted octanol–water partition coefficient (Wildman–Crippen LogP) is 2.38. The Hall–Kier alpha value is -1.01. The van der Waals surface area contributed by atoms with Gasteiger partial charge < -0.3 is 14.6 Å². The first-order valence-electron chi connectivity index (χ1n) is 5.82. The number of anilines is 1. The number of aromatic nitrogens is 2. The molecule has 1 aromatic rings. The molecule has 106 valence electrons. The van der Waals surface area contributed by atoms with Crippen molar-refractivity contribution >= 4 is 18.3 Å². The van der Waals surface area contributed by atoms with E-state index in [0.717, 1.165) is 4.79 Å². The Morgan fingerprint density at radius 2 is 2.06 bits per heavy atom. The van der Waals surface area contributed by atoms with Gasteiger partial charge in [0.15, 0.2) is 0 Å². The lowest BCUT2D eigenvalue weighted by Crippen LogP contribution is -2.33. The third-order valence-corrected chi connectivity index (χ3v) is 2.01. The van der Waals surface area contributed by atoms with Gasteiger partial charge in [0.25, 0.3) is 11.6 Å². The van der Waals surface area contributed by atoms with Gasteiger partial charge in [0.05, 0.1) is 19.1 Å². The summed E-state index contributed by atoms with van der Waals surface area (Å²) in [4.78, 5) is 0.998. The van der Waals surface area contributed by atoms with Crippen LogP contribution in [0.5, 0.6) is 0 Å². The second-order valence-electron chi connectivity index (χ2n) is 5.31. The van der Waals surface area contributed by atoms with Gasteiger partial charge in [-0.3, -0.25) is 0 Å². The number of nitrogens with one attached hydrogen (secondary N) is 2. The van der Waals surface area contributed by atoms with E-state index >= 15 is 0 Å². The zero-order valence-corrected chi connectivity index (χ0v) is 12.4. The molecular formula is C11H23ClN4O2. The van der Waals surface area contributed by atoms with Gasteiger partial charge in [-0.15, -0.1) is 12.4 Å². The highest BCUT2D eigenvalue weighted by molar-refractivity contribution is 5.85. The van der Waals surface area contributed by atoms with Crippen molar-refractivity contribution in [3.63, 3.8) is 0 Å². The Bertz CT molecular complexity index is 360. The fourth-order valence-corrected chi connectivity index (χ4v) is 1.33. The number of nitrogens with zero attached hydrogens (tertiary/aromatic N) is 2. The molecule has 0 aliphatic rings. The Morgan fingerprint density at radius 3 is 2.56 bits per heavy atom. The average molecular weight is 279 g/mol. The third-order valence-electron chi connectivity index (χ3n) is 2.01. The molecule has 0 saturated heterocycles. The fourth-order valence-electron chi connectivity index (χ4n) is 1.33. The Labute approximate surface area is 114 Å². The molecule has 0 aliphatic carbocycles. The molecule has 0 aromatic carbocycles. The Kier molecular flexibility index (Phi) is 6.42. The lowest BCUT2D eigenvalue weighted by atomic mass is 10.1. The summed E-state index contributed by atoms with van der Waals surface area (Å²) in [6.07, 6.45) is 0.789. The van der Waals surface area contributed by atoms with Crippen molar-refractivity contribution in [2.24, 2.45) is 0 Å². The molecule has 0 saturated carbocycles. The minimum Gasteiger partial charge on any atom is -0.382 e. The molecule has 1 heterocycles. The van der Waals surface area contributed by atoms with Gasteiger partial charge in [0, 0.05) is 5.54 Å². The largest absolute Gasteiger partial charge is 0.382 e. The van der Waals surface area contributed by atoms with Crippen molar-refractivity contribution in [2.75, 3.05) is 11.9 Å². The van der Waals surface area contributed by atoms with E-state index in [-0.39, 0.29) is 24.0 Å². The van der Waals surface area contributed by atoms with E-state index in [2.05, 4.69) is 10.6 Å². The van der Waals surface area contributed by atoms with Crippen LogP contribution in [-0.2, 0) is 11.2 Å². The van der Waals surface area contributed by atoms with E-state index in [1.807, 2.05) is 34.6 Å². The molecule has 6 nitrogen and oxygen atoms in total. The normalized spacial score (nSPS) is 11.4. The highest BCUT2D eigenvalue weighted by Crippen LogP contribution is 2.17. The maximum absolute atomic E-state index is 7.60. The number of hydrogen-bond acceptors (Lipinski definition) is 4. The highest BCUT2D eigenvalue weighted by atomic mass is 35.5. The van der Waals surface area contributed by atoms with Crippen molar-refractivity contribution in [1.29, 1.82) is 0 Å². The molecule has 1 aromatic heterocycles. The van der Waals surface area contributed by atoms with Crippen LogP contribution in [0.4, 0.5) is 5.88 Å².